The van der Waals surface area contributed by atoms with Gasteiger partial charge in [-0.3, -0.25) is 0 Å². The molecule has 4 heteroatoms. The van der Waals surface area contributed by atoms with Gasteiger partial charge in [0.15, 0.2) is 11.6 Å². The fourth-order valence-corrected chi connectivity index (χ4v) is 2.07. The van der Waals surface area contributed by atoms with Gasteiger partial charge in [0.2, 0.25) is 0 Å². The van der Waals surface area contributed by atoms with Crippen LogP contribution in [0.3, 0.4) is 0 Å². The SMILES string of the molecule is COc1ccc(C2CNCC(C)(C)CO2)cc1F. The van der Waals surface area contributed by atoms with Gasteiger partial charge in [-0.1, -0.05) is 19.9 Å². The zero-order chi connectivity index (χ0) is 13.2. The number of methoxy groups -OCH3 is 1. The van der Waals surface area contributed by atoms with E-state index in [0.29, 0.717) is 13.2 Å². The molecule has 1 aliphatic rings. The second-order valence-corrected chi connectivity index (χ2v) is 5.49. The summed E-state index contributed by atoms with van der Waals surface area (Å²) < 4.78 is 24.4. The second-order valence-electron chi connectivity index (χ2n) is 5.49. The number of hydrogen-bond donors (Lipinski definition) is 1. The zero-order valence-electron chi connectivity index (χ0n) is 11.1. The monoisotopic (exact) mass is 253 g/mol. The molecule has 0 aromatic heterocycles. The smallest absolute Gasteiger partial charge is 0.165 e. The van der Waals surface area contributed by atoms with E-state index in [1.54, 1.807) is 6.07 Å². The van der Waals surface area contributed by atoms with Crippen LogP contribution in [0.1, 0.15) is 25.5 Å². The number of rotatable bonds is 2. The van der Waals surface area contributed by atoms with Crippen LogP contribution in [0.5, 0.6) is 5.75 Å². The van der Waals surface area contributed by atoms with E-state index in [2.05, 4.69) is 19.2 Å². The summed E-state index contributed by atoms with van der Waals surface area (Å²) in [6, 6.07) is 4.99. The van der Waals surface area contributed by atoms with Crippen molar-refractivity contribution in [3.8, 4) is 5.75 Å². The summed E-state index contributed by atoms with van der Waals surface area (Å²) in [5, 5.41) is 3.36. The second kappa shape index (κ2) is 5.24. The number of benzene rings is 1. The molecule has 0 bridgehead atoms. The topological polar surface area (TPSA) is 30.5 Å². The highest BCUT2D eigenvalue weighted by Gasteiger charge is 2.25. The summed E-state index contributed by atoms with van der Waals surface area (Å²) in [5.74, 6) is -0.0808. The number of halogens is 1. The molecule has 1 aliphatic heterocycles. The summed E-state index contributed by atoms with van der Waals surface area (Å²) in [6.07, 6.45) is -0.104. The molecule has 1 saturated heterocycles. The van der Waals surface area contributed by atoms with Crippen molar-refractivity contribution in [1.82, 2.24) is 5.32 Å². The number of nitrogens with one attached hydrogen (secondary N) is 1. The van der Waals surface area contributed by atoms with Crippen molar-refractivity contribution >= 4 is 0 Å². The minimum absolute atomic E-state index is 0.104. The molecule has 3 nitrogen and oxygen atoms in total. The Morgan fingerprint density at radius 2 is 2.22 bits per heavy atom. The minimum atomic E-state index is -0.345. The molecule has 0 saturated carbocycles. The van der Waals surface area contributed by atoms with Crippen LogP contribution in [-0.4, -0.2) is 26.8 Å². The zero-order valence-corrected chi connectivity index (χ0v) is 11.1. The van der Waals surface area contributed by atoms with Gasteiger partial charge < -0.3 is 14.8 Å². The lowest BCUT2D eigenvalue weighted by Gasteiger charge is -2.21. The van der Waals surface area contributed by atoms with Gasteiger partial charge in [-0.05, 0) is 17.7 Å². The van der Waals surface area contributed by atoms with E-state index in [1.165, 1.54) is 13.2 Å². The van der Waals surface area contributed by atoms with E-state index in [4.69, 9.17) is 9.47 Å². The van der Waals surface area contributed by atoms with Crippen molar-refractivity contribution in [3.63, 3.8) is 0 Å². The molecule has 1 heterocycles. The van der Waals surface area contributed by atoms with Crippen LogP contribution in [0.15, 0.2) is 18.2 Å². The third-order valence-corrected chi connectivity index (χ3v) is 3.16. The first kappa shape index (κ1) is 13.3. The van der Waals surface area contributed by atoms with Crippen LogP contribution in [-0.2, 0) is 4.74 Å². The lowest BCUT2D eigenvalue weighted by Crippen LogP contribution is -2.29. The van der Waals surface area contributed by atoms with E-state index < -0.39 is 0 Å². The summed E-state index contributed by atoms with van der Waals surface area (Å²) in [5.41, 5.74) is 0.957. The van der Waals surface area contributed by atoms with E-state index in [1.807, 2.05) is 6.07 Å². The summed E-state index contributed by atoms with van der Waals surface area (Å²) in [7, 11) is 1.46. The van der Waals surface area contributed by atoms with Crippen molar-refractivity contribution in [1.29, 1.82) is 0 Å². The third kappa shape index (κ3) is 3.00. The Bertz CT molecular complexity index is 420. The highest BCUT2D eigenvalue weighted by atomic mass is 19.1. The Balaban J connectivity index is 2.14. The lowest BCUT2D eigenvalue weighted by atomic mass is 9.95. The Morgan fingerprint density at radius 3 is 2.89 bits per heavy atom. The van der Waals surface area contributed by atoms with E-state index in [-0.39, 0.29) is 23.1 Å². The molecule has 18 heavy (non-hydrogen) atoms. The Labute approximate surface area is 107 Å². The normalized spacial score (nSPS) is 23.4. The van der Waals surface area contributed by atoms with Gasteiger partial charge in [0.1, 0.15) is 0 Å². The predicted molar refractivity (Wildman–Crippen MR) is 68.3 cm³/mol. The van der Waals surface area contributed by atoms with Crippen LogP contribution in [0.4, 0.5) is 4.39 Å². The summed E-state index contributed by atoms with van der Waals surface area (Å²) in [6.45, 7) is 6.57. The highest BCUT2D eigenvalue weighted by Crippen LogP contribution is 2.27. The van der Waals surface area contributed by atoms with Crippen molar-refractivity contribution in [3.05, 3.63) is 29.6 Å². The Hall–Kier alpha value is -1.13. The van der Waals surface area contributed by atoms with Gasteiger partial charge in [0, 0.05) is 18.5 Å². The van der Waals surface area contributed by atoms with E-state index in [9.17, 15) is 4.39 Å². The first-order valence-electron chi connectivity index (χ1n) is 6.17. The van der Waals surface area contributed by atoms with Crippen LogP contribution < -0.4 is 10.1 Å². The summed E-state index contributed by atoms with van der Waals surface area (Å²) in [4.78, 5) is 0. The fourth-order valence-electron chi connectivity index (χ4n) is 2.07. The quantitative estimate of drug-likeness (QED) is 0.878. The molecule has 0 spiro atoms. The van der Waals surface area contributed by atoms with Crippen LogP contribution in [0.25, 0.3) is 0 Å². The predicted octanol–water partition coefficient (Wildman–Crippen LogP) is 2.52. The molecule has 1 aromatic carbocycles. The molecule has 1 fully saturated rings. The first-order chi connectivity index (χ1) is 8.52. The van der Waals surface area contributed by atoms with Gasteiger partial charge >= 0.3 is 0 Å². The van der Waals surface area contributed by atoms with E-state index in [0.717, 1.165) is 12.1 Å². The molecule has 1 aromatic rings. The third-order valence-electron chi connectivity index (χ3n) is 3.16. The molecule has 0 amide bonds. The van der Waals surface area contributed by atoms with Crippen molar-refractivity contribution in [2.24, 2.45) is 5.41 Å². The van der Waals surface area contributed by atoms with Gasteiger partial charge in [-0.2, -0.15) is 0 Å². The largest absolute Gasteiger partial charge is 0.494 e. The van der Waals surface area contributed by atoms with Crippen molar-refractivity contribution < 1.29 is 13.9 Å². The Kier molecular flexibility index (Phi) is 3.88. The van der Waals surface area contributed by atoms with Crippen LogP contribution >= 0.6 is 0 Å². The van der Waals surface area contributed by atoms with Gasteiger partial charge in [-0.15, -0.1) is 0 Å². The molecule has 2 rings (SSSR count). The lowest BCUT2D eigenvalue weighted by molar-refractivity contribution is 0.0258. The van der Waals surface area contributed by atoms with Gasteiger partial charge in [0.05, 0.1) is 19.8 Å². The molecule has 100 valence electrons. The van der Waals surface area contributed by atoms with Gasteiger partial charge in [-0.25, -0.2) is 4.39 Å². The fraction of sp³-hybridized carbons (Fsp3) is 0.571. The molecule has 1 unspecified atom stereocenters. The number of hydrogen-bond acceptors (Lipinski definition) is 3. The molecular weight excluding hydrogens is 233 g/mol. The average molecular weight is 253 g/mol. The maximum atomic E-state index is 13.7. The highest BCUT2D eigenvalue weighted by molar-refractivity contribution is 5.30. The minimum Gasteiger partial charge on any atom is -0.494 e. The molecule has 0 radical (unpaired) electrons. The average Bonchev–Trinajstić information content (AvgIpc) is 2.50. The molecular formula is C14H20FNO2. The molecule has 1 atom stereocenters. The van der Waals surface area contributed by atoms with Crippen molar-refractivity contribution in [2.75, 3.05) is 26.8 Å². The summed E-state index contributed by atoms with van der Waals surface area (Å²) >= 11 is 0. The molecule has 0 aliphatic carbocycles. The molecule has 1 N–H and O–H groups in total. The van der Waals surface area contributed by atoms with Gasteiger partial charge in [0.25, 0.3) is 0 Å². The standard InChI is InChI=1S/C14H20FNO2/c1-14(2)8-16-7-13(18-9-14)10-4-5-12(17-3)11(15)6-10/h4-6,13,16H,7-9H2,1-3H3. The van der Waals surface area contributed by atoms with Crippen LogP contribution in [0.2, 0.25) is 0 Å². The Morgan fingerprint density at radius 1 is 1.44 bits per heavy atom. The number of ether oxygens (including phenoxy) is 2. The van der Waals surface area contributed by atoms with E-state index >= 15 is 0 Å². The van der Waals surface area contributed by atoms with Crippen LogP contribution in [0, 0.1) is 11.2 Å². The first-order valence-corrected chi connectivity index (χ1v) is 6.17. The van der Waals surface area contributed by atoms with Crippen molar-refractivity contribution in [2.45, 2.75) is 20.0 Å². The maximum absolute atomic E-state index is 13.7. The maximum Gasteiger partial charge on any atom is 0.165 e.